The van der Waals surface area contributed by atoms with Crippen LogP contribution in [0.2, 0.25) is 0 Å². The maximum atomic E-state index is 13.4. The summed E-state index contributed by atoms with van der Waals surface area (Å²) >= 11 is 0. The van der Waals surface area contributed by atoms with Crippen molar-refractivity contribution in [1.82, 2.24) is 0 Å². The second kappa shape index (κ2) is 8.26. The zero-order valence-electron chi connectivity index (χ0n) is 19.7. The summed E-state index contributed by atoms with van der Waals surface area (Å²) < 4.78 is 17.2. The number of hydrogen-bond donors (Lipinski definition) is 0. The Kier molecular flexibility index (Phi) is 5.40. The van der Waals surface area contributed by atoms with E-state index in [0.29, 0.717) is 6.42 Å². The zero-order valence-corrected chi connectivity index (χ0v) is 19.7. The van der Waals surface area contributed by atoms with Crippen LogP contribution in [-0.2, 0) is 9.53 Å². The number of ether oxygens (including phenoxy) is 3. The molecule has 1 unspecified atom stereocenters. The highest BCUT2D eigenvalue weighted by atomic mass is 16.5. The molecule has 0 spiro atoms. The van der Waals surface area contributed by atoms with Crippen molar-refractivity contribution in [2.45, 2.75) is 45.4 Å². The van der Waals surface area contributed by atoms with Gasteiger partial charge in [-0.05, 0) is 70.9 Å². The van der Waals surface area contributed by atoms with Crippen LogP contribution in [0, 0.1) is 5.41 Å². The lowest BCUT2D eigenvalue weighted by molar-refractivity contribution is -0.119. The maximum Gasteiger partial charge on any atom is 0.163 e. The predicted octanol–water partition coefficient (Wildman–Crippen LogP) is 6.59. The zero-order chi connectivity index (χ0) is 23.2. The smallest absolute Gasteiger partial charge is 0.163 e. The van der Waals surface area contributed by atoms with E-state index in [0.717, 1.165) is 59.0 Å². The minimum atomic E-state index is -0.100. The first-order valence-electron chi connectivity index (χ1n) is 11.5. The molecule has 5 rings (SSSR count). The minimum absolute atomic E-state index is 0.0555. The van der Waals surface area contributed by atoms with Crippen LogP contribution in [0.3, 0.4) is 0 Å². The summed E-state index contributed by atoms with van der Waals surface area (Å²) in [5, 5.41) is 0. The average Bonchev–Trinajstić information content (AvgIpc) is 3.19. The van der Waals surface area contributed by atoms with E-state index in [1.807, 2.05) is 24.3 Å². The molecule has 1 aliphatic heterocycles. The van der Waals surface area contributed by atoms with Gasteiger partial charge in [-0.2, -0.15) is 0 Å². The number of carbonyl (C=O) groups is 1. The molecular weight excluding hydrogens is 412 g/mol. The molecule has 4 heteroatoms. The van der Waals surface area contributed by atoms with Gasteiger partial charge in [-0.25, -0.2) is 0 Å². The molecule has 3 aliphatic rings. The Bertz CT molecular complexity index is 1180. The topological polar surface area (TPSA) is 44.8 Å². The van der Waals surface area contributed by atoms with Gasteiger partial charge >= 0.3 is 0 Å². The van der Waals surface area contributed by atoms with Gasteiger partial charge in [-0.1, -0.05) is 38.1 Å². The second-order valence-corrected chi connectivity index (χ2v) is 9.88. The van der Waals surface area contributed by atoms with E-state index < -0.39 is 0 Å². The van der Waals surface area contributed by atoms with Gasteiger partial charge in [0.05, 0.1) is 14.2 Å². The van der Waals surface area contributed by atoms with Crippen LogP contribution in [0.4, 0.5) is 0 Å². The first-order chi connectivity index (χ1) is 15.9. The molecule has 1 atom stereocenters. The molecule has 0 amide bonds. The fourth-order valence-electron chi connectivity index (χ4n) is 5.30. The van der Waals surface area contributed by atoms with Crippen molar-refractivity contribution in [3.05, 3.63) is 87.9 Å². The van der Waals surface area contributed by atoms with Gasteiger partial charge in [0.1, 0.15) is 23.0 Å². The highest BCUT2D eigenvalue weighted by Crippen LogP contribution is 2.54. The maximum absolute atomic E-state index is 13.4. The van der Waals surface area contributed by atoms with E-state index in [1.54, 1.807) is 14.2 Å². The Balaban J connectivity index is 1.59. The van der Waals surface area contributed by atoms with E-state index in [2.05, 4.69) is 44.2 Å². The number of rotatable bonds is 4. The Morgan fingerprint density at radius 2 is 1.55 bits per heavy atom. The number of benzene rings is 2. The third-order valence-corrected chi connectivity index (χ3v) is 6.89. The van der Waals surface area contributed by atoms with Crippen molar-refractivity contribution < 1.29 is 19.0 Å². The lowest BCUT2D eigenvalue weighted by Crippen LogP contribution is -2.32. The van der Waals surface area contributed by atoms with Gasteiger partial charge in [-0.3, -0.25) is 4.79 Å². The summed E-state index contributed by atoms with van der Waals surface area (Å²) in [6.07, 6.45) is 5.32. The van der Waals surface area contributed by atoms with E-state index >= 15 is 0 Å². The standard InChI is InChI=1S/C29H30O4/c1-29(2)16-24(30)27-25(17-29)33-28-20(15-18-5-10-21(31-3)11-6-18)9-14-23(28)26(27)19-7-12-22(32-4)13-8-19/h5-8,10-13,15,26H,9,14,16-17H2,1-4H3/b20-15+. The highest BCUT2D eigenvalue weighted by molar-refractivity contribution is 6.00. The summed E-state index contributed by atoms with van der Waals surface area (Å²) in [5.74, 6) is 3.61. The number of ketones is 1. The molecule has 0 bridgehead atoms. The molecule has 0 fully saturated rings. The van der Waals surface area contributed by atoms with Crippen LogP contribution in [-0.4, -0.2) is 20.0 Å². The van der Waals surface area contributed by atoms with Crippen LogP contribution < -0.4 is 9.47 Å². The van der Waals surface area contributed by atoms with Gasteiger partial charge in [0, 0.05) is 24.3 Å². The van der Waals surface area contributed by atoms with Crippen LogP contribution in [0.5, 0.6) is 11.5 Å². The molecular formula is C29H30O4. The first-order valence-corrected chi connectivity index (χ1v) is 11.5. The van der Waals surface area contributed by atoms with E-state index in [4.69, 9.17) is 14.2 Å². The second-order valence-electron chi connectivity index (χ2n) is 9.88. The van der Waals surface area contributed by atoms with E-state index in [1.165, 1.54) is 11.1 Å². The molecule has 0 saturated heterocycles. The SMILES string of the molecule is COc1ccc(/C=C2\CCC3=C2OC2=C(C(=O)CC(C)(C)C2)C3c2ccc(OC)cc2)cc1. The Hall–Kier alpha value is -3.27. The highest BCUT2D eigenvalue weighted by Gasteiger charge is 2.44. The van der Waals surface area contributed by atoms with Crippen molar-refractivity contribution in [2.75, 3.05) is 14.2 Å². The molecule has 0 N–H and O–H groups in total. The quantitative estimate of drug-likeness (QED) is 0.536. The van der Waals surface area contributed by atoms with Crippen molar-refractivity contribution in [1.29, 1.82) is 0 Å². The molecule has 33 heavy (non-hydrogen) atoms. The number of hydrogen-bond acceptors (Lipinski definition) is 4. The molecule has 4 nitrogen and oxygen atoms in total. The number of methoxy groups -OCH3 is 2. The summed E-state index contributed by atoms with van der Waals surface area (Å²) in [7, 11) is 3.35. The van der Waals surface area contributed by atoms with Crippen molar-refractivity contribution in [3.8, 4) is 11.5 Å². The third kappa shape index (κ3) is 3.99. The summed E-state index contributed by atoms with van der Waals surface area (Å²) in [5.41, 5.74) is 5.39. The van der Waals surface area contributed by atoms with Crippen LogP contribution in [0.15, 0.2) is 76.8 Å². The Labute approximate surface area is 195 Å². The molecule has 2 aliphatic carbocycles. The molecule has 0 saturated carbocycles. The van der Waals surface area contributed by atoms with Crippen molar-refractivity contribution in [2.24, 2.45) is 5.41 Å². The van der Waals surface area contributed by atoms with Crippen molar-refractivity contribution in [3.63, 3.8) is 0 Å². The normalized spacial score (nSPS) is 22.7. The number of carbonyl (C=O) groups excluding carboxylic acids is 1. The lowest BCUT2D eigenvalue weighted by Gasteiger charge is -2.38. The van der Waals surface area contributed by atoms with Gasteiger partial charge in [0.25, 0.3) is 0 Å². The summed E-state index contributed by atoms with van der Waals surface area (Å²) in [6.45, 7) is 4.29. The number of Topliss-reactive ketones (excluding diaryl/α,β-unsaturated/α-hetero) is 1. The fourth-order valence-corrected chi connectivity index (χ4v) is 5.30. The largest absolute Gasteiger partial charge is 0.497 e. The van der Waals surface area contributed by atoms with Crippen LogP contribution >= 0.6 is 0 Å². The molecule has 1 heterocycles. The van der Waals surface area contributed by atoms with Crippen molar-refractivity contribution >= 4 is 11.9 Å². The average molecular weight is 443 g/mol. The van der Waals surface area contributed by atoms with Gasteiger partial charge < -0.3 is 14.2 Å². The van der Waals surface area contributed by atoms with Gasteiger partial charge in [0.15, 0.2) is 5.78 Å². The molecule has 0 aromatic heterocycles. The molecule has 2 aromatic rings. The Morgan fingerprint density at radius 1 is 0.909 bits per heavy atom. The van der Waals surface area contributed by atoms with Crippen LogP contribution in [0.25, 0.3) is 6.08 Å². The molecule has 170 valence electrons. The van der Waals surface area contributed by atoms with E-state index in [9.17, 15) is 4.79 Å². The van der Waals surface area contributed by atoms with E-state index in [-0.39, 0.29) is 17.1 Å². The Morgan fingerprint density at radius 3 is 2.18 bits per heavy atom. The monoisotopic (exact) mass is 442 g/mol. The van der Waals surface area contributed by atoms with Gasteiger partial charge in [0.2, 0.25) is 0 Å². The molecule has 0 radical (unpaired) electrons. The van der Waals surface area contributed by atoms with Crippen LogP contribution in [0.1, 0.15) is 56.6 Å². The first kappa shape index (κ1) is 21.6. The minimum Gasteiger partial charge on any atom is -0.497 e. The summed E-state index contributed by atoms with van der Waals surface area (Å²) in [4.78, 5) is 13.4. The summed E-state index contributed by atoms with van der Waals surface area (Å²) in [6, 6.07) is 16.2. The third-order valence-electron chi connectivity index (χ3n) is 6.89. The predicted molar refractivity (Wildman–Crippen MR) is 129 cm³/mol. The lowest BCUT2D eigenvalue weighted by atomic mass is 9.70. The number of allylic oxidation sites excluding steroid dienone is 4. The molecule has 2 aromatic carbocycles. The fraction of sp³-hybridized carbons (Fsp3) is 0.345. The van der Waals surface area contributed by atoms with Gasteiger partial charge in [-0.15, -0.1) is 0 Å².